The number of nitrogens with one attached hydrogen (secondary N) is 1. The van der Waals surface area contributed by atoms with Crippen LogP contribution in [0.25, 0.3) is 0 Å². The first-order chi connectivity index (χ1) is 10.3. The number of hydrogen-bond donors (Lipinski definition) is 1. The minimum Gasteiger partial charge on any atom is -0.491 e. The van der Waals surface area contributed by atoms with E-state index < -0.39 is 0 Å². The minimum absolute atomic E-state index is 0.316. The van der Waals surface area contributed by atoms with Crippen molar-refractivity contribution in [1.82, 2.24) is 5.32 Å². The summed E-state index contributed by atoms with van der Waals surface area (Å²) in [4.78, 5) is 0. The van der Waals surface area contributed by atoms with Crippen molar-refractivity contribution in [2.75, 3.05) is 38.9 Å². The normalized spacial score (nSPS) is 23.8. The van der Waals surface area contributed by atoms with Crippen molar-refractivity contribution in [3.8, 4) is 5.75 Å². The molecule has 1 heterocycles. The molecule has 0 amide bonds. The Morgan fingerprint density at radius 3 is 2.71 bits per heavy atom. The van der Waals surface area contributed by atoms with Crippen LogP contribution >= 0.6 is 23.5 Å². The Bertz CT molecular complexity index is 430. The van der Waals surface area contributed by atoms with Gasteiger partial charge in [-0.15, -0.1) is 0 Å². The largest absolute Gasteiger partial charge is 0.491 e. The molecule has 0 saturated carbocycles. The van der Waals surface area contributed by atoms with Gasteiger partial charge in [0.1, 0.15) is 12.4 Å². The van der Waals surface area contributed by atoms with Crippen LogP contribution in [0.15, 0.2) is 24.3 Å². The van der Waals surface area contributed by atoms with Crippen LogP contribution in [0.1, 0.15) is 18.5 Å². The highest BCUT2D eigenvalue weighted by molar-refractivity contribution is 8.07. The molecule has 118 valence electrons. The summed E-state index contributed by atoms with van der Waals surface area (Å²) in [6, 6.07) is 8.67. The Labute approximate surface area is 136 Å². The Morgan fingerprint density at radius 2 is 2.00 bits per heavy atom. The molecule has 0 bridgehead atoms. The standard InChI is InChI=1S/C16H25NO2S2/c1-12-16(21-11-10-20-12)15(17-2)13-6-4-5-7-14(13)19-9-8-18-3/h4-7,12,15-17H,8-11H2,1-3H3. The summed E-state index contributed by atoms with van der Waals surface area (Å²) in [5.74, 6) is 3.45. The van der Waals surface area contributed by atoms with Gasteiger partial charge in [-0.1, -0.05) is 25.1 Å². The molecule has 3 atom stereocenters. The first kappa shape index (κ1) is 17.0. The highest BCUT2D eigenvalue weighted by Gasteiger charge is 2.31. The van der Waals surface area contributed by atoms with E-state index in [1.54, 1.807) is 7.11 Å². The maximum Gasteiger partial charge on any atom is 0.124 e. The van der Waals surface area contributed by atoms with Crippen LogP contribution in [0.3, 0.4) is 0 Å². The van der Waals surface area contributed by atoms with E-state index in [9.17, 15) is 0 Å². The van der Waals surface area contributed by atoms with Crippen LogP contribution in [0.2, 0.25) is 0 Å². The molecule has 0 aliphatic carbocycles. The van der Waals surface area contributed by atoms with Crippen molar-refractivity contribution in [1.29, 1.82) is 0 Å². The van der Waals surface area contributed by atoms with Crippen LogP contribution in [-0.4, -0.2) is 49.4 Å². The predicted molar refractivity (Wildman–Crippen MR) is 93.8 cm³/mol. The maximum atomic E-state index is 5.91. The van der Waals surface area contributed by atoms with Crippen LogP contribution < -0.4 is 10.1 Å². The van der Waals surface area contributed by atoms with E-state index in [-0.39, 0.29) is 0 Å². The molecule has 3 nitrogen and oxygen atoms in total. The SMILES string of the molecule is CNC(c1ccccc1OCCOC)C1SCCSC1C. The van der Waals surface area contributed by atoms with E-state index in [0.29, 0.717) is 29.8 Å². The molecule has 3 unspecified atom stereocenters. The zero-order chi connectivity index (χ0) is 15.1. The average Bonchev–Trinajstić information content (AvgIpc) is 2.51. The summed E-state index contributed by atoms with van der Waals surface area (Å²) in [6.07, 6.45) is 0. The number of methoxy groups -OCH3 is 1. The lowest BCUT2D eigenvalue weighted by atomic mass is 10.0. The fourth-order valence-corrected chi connectivity index (χ4v) is 5.59. The molecule has 1 fully saturated rings. The van der Waals surface area contributed by atoms with Crippen molar-refractivity contribution in [2.24, 2.45) is 0 Å². The van der Waals surface area contributed by atoms with E-state index in [2.05, 4.69) is 54.0 Å². The number of hydrogen-bond acceptors (Lipinski definition) is 5. The molecule has 5 heteroatoms. The smallest absolute Gasteiger partial charge is 0.124 e. The third-order valence-corrected chi connectivity index (χ3v) is 6.87. The number of thioether (sulfide) groups is 2. The third-order valence-electron chi connectivity index (χ3n) is 3.68. The first-order valence-electron chi connectivity index (χ1n) is 7.39. The number of para-hydroxylation sites is 1. The van der Waals surface area contributed by atoms with Gasteiger partial charge < -0.3 is 14.8 Å². The third kappa shape index (κ3) is 4.55. The molecule has 1 aromatic carbocycles. The van der Waals surface area contributed by atoms with Gasteiger partial charge in [-0.25, -0.2) is 0 Å². The van der Waals surface area contributed by atoms with Crippen LogP contribution in [0.5, 0.6) is 5.75 Å². The molecule has 2 rings (SSSR count). The Balaban J connectivity index is 2.16. The van der Waals surface area contributed by atoms with Gasteiger partial charge in [-0.05, 0) is 13.1 Å². The molecule has 1 N–H and O–H groups in total. The molecule has 21 heavy (non-hydrogen) atoms. The van der Waals surface area contributed by atoms with E-state index in [0.717, 1.165) is 5.75 Å². The van der Waals surface area contributed by atoms with Crippen molar-refractivity contribution >= 4 is 23.5 Å². The summed E-state index contributed by atoms with van der Waals surface area (Å²) >= 11 is 4.14. The highest BCUT2D eigenvalue weighted by Crippen LogP contribution is 2.40. The summed E-state index contributed by atoms with van der Waals surface area (Å²) < 4.78 is 11.0. The van der Waals surface area contributed by atoms with Crippen molar-refractivity contribution in [3.63, 3.8) is 0 Å². The average molecular weight is 328 g/mol. The molecule has 1 aliphatic heterocycles. The predicted octanol–water partition coefficient (Wildman–Crippen LogP) is 3.21. The van der Waals surface area contributed by atoms with Gasteiger partial charge >= 0.3 is 0 Å². The number of rotatable bonds is 7. The van der Waals surface area contributed by atoms with Gasteiger partial charge in [0.15, 0.2) is 0 Å². The van der Waals surface area contributed by atoms with Gasteiger partial charge in [0.2, 0.25) is 0 Å². The van der Waals surface area contributed by atoms with Crippen LogP contribution in [0, 0.1) is 0 Å². The minimum atomic E-state index is 0.316. The fourth-order valence-electron chi connectivity index (χ4n) is 2.62. The van der Waals surface area contributed by atoms with Crippen molar-refractivity contribution in [2.45, 2.75) is 23.5 Å². The zero-order valence-electron chi connectivity index (χ0n) is 13.0. The van der Waals surface area contributed by atoms with Gasteiger partial charge in [-0.2, -0.15) is 23.5 Å². The van der Waals surface area contributed by atoms with Gasteiger partial charge in [-0.3, -0.25) is 0 Å². The van der Waals surface area contributed by atoms with Crippen molar-refractivity contribution < 1.29 is 9.47 Å². The summed E-state index contributed by atoms with van der Waals surface area (Å²) in [5.41, 5.74) is 1.25. The maximum absolute atomic E-state index is 5.91. The number of benzene rings is 1. The molecule has 1 aromatic rings. The molecule has 0 spiro atoms. The van der Waals surface area contributed by atoms with E-state index in [1.807, 2.05) is 13.1 Å². The van der Waals surface area contributed by atoms with Gasteiger partial charge in [0, 0.05) is 40.7 Å². The van der Waals surface area contributed by atoms with E-state index in [4.69, 9.17) is 9.47 Å². The lowest BCUT2D eigenvalue weighted by Gasteiger charge is -2.35. The molecular weight excluding hydrogens is 302 g/mol. The topological polar surface area (TPSA) is 30.5 Å². The zero-order valence-corrected chi connectivity index (χ0v) is 14.6. The second kappa shape index (κ2) is 8.93. The quantitative estimate of drug-likeness (QED) is 0.777. The highest BCUT2D eigenvalue weighted by atomic mass is 32.2. The number of ether oxygens (including phenoxy) is 2. The summed E-state index contributed by atoms with van der Waals surface area (Å²) in [5, 5.41) is 4.72. The fraction of sp³-hybridized carbons (Fsp3) is 0.625. The van der Waals surface area contributed by atoms with Gasteiger partial charge in [0.05, 0.1) is 6.61 Å². The van der Waals surface area contributed by atoms with E-state index >= 15 is 0 Å². The lowest BCUT2D eigenvalue weighted by molar-refractivity contribution is 0.145. The van der Waals surface area contributed by atoms with E-state index in [1.165, 1.54) is 17.1 Å². The molecule has 1 saturated heterocycles. The first-order valence-corrected chi connectivity index (χ1v) is 9.48. The molecule has 0 radical (unpaired) electrons. The molecule has 1 aliphatic rings. The van der Waals surface area contributed by atoms with Crippen LogP contribution in [-0.2, 0) is 4.74 Å². The van der Waals surface area contributed by atoms with Crippen molar-refractivity contribution in [3.05, 3.63) is 29.8 Å². The van der Waals surface area contributed by atoms with Gasteiger partial charge in [0.25, 0.3) is 0 Å². The monoisotopic (exact) mass is 327 g/mol. The van der Waals surface area contributed by atoms with Crippen LogP contribution in [0.4, 0.5) is 0 Å². The Morgan fingerprint density at radius 1 is 1.24 bits per heavy atom. The second-order valence-electron chi connectivity index (χ2n) is 5.06. The molecular formula is C16H25NO2S2. The Hall–Kier alpha value is -0.360. The lowest BCUT2D eigenvalue weighted by Crippen LogP contribution is -2.36. The summed E-state index contributed by atoms with van der Waals surface area (Å²) in [6.45, 7) is 3.54. The summed E-state index contributed by atoms with van der Waals surface area (Å²) in [7, 11) is 3.74. The Kier molecular flexibility index (Phi) is 7.23. The molecule has 0 aromatic heterocycles. The second-order valence-corrected chi connectivity index (χ2v) is 7.83.